The number of piperazine rings is 1. The fourth-order valence-electron chi connectivity index (χ4n) is 4.14. The van der Waals surface area contributed by atoms with Crippen LogP contribution in [-0.4, -0.2) is 96.1 Å². The Morgan fingerprint density at radius 1 is 1.03 bits per heavy atom. The SMILES string of the molecule is Cc1nnc(CN=C(NCCCN2CCOCC2)N2CCN(c3ccccc3)CC2)n1C. The number of nitrogens with one attached hydrogen (secondary N) is 1. The number of morpholine rings is 1. The predicted molar refractivity (Wildman–Crippen MR) is 127 cm³/mol. The van der Waals surface area contributed by atoms with Gasteiger partial charge in [0.1, 0.15) is 12.4 Å². The van der Waals surface area contributed by atoms with Gasteiger partial charge in [0.2, 0.25) is 0 Å². The first-order valence-electron chi connectivity index (χ1n) is 11.7. The first kappa shape index (κ1) is 22.5. The Kier molecular flexibility index (Phi) is 7.95. The molecule has 2 aliphatic heterocycles. The lowest BCUT2D eigenvalue weighted by atomic mass is 10.2. The summed E-state index contributed by atoms with van der Waals surface area (Å²) >= 11 is 0. The molecule has 0 aliphatic carbocycles. The summed E-state index contributed by atoms with van der Waals surface area (Å²) in [4.78, 5) is 12.2. The molecule has 1 aromatic carbocycles. The lowest BCUT2D eigenvalue weighted by molar-refractivity contribution is 0.0375. The van der Waals surface area contributed by atoms with Gasteiger partial charge in [0.05, 0.1) is 13.2 Å². The molecule has 9 heteroatoms. The van der Waals surface area contributed by atoms with Crippen LogP contribution in [0.3, 0.4) is 0 Å². The van der Waals surface area contributed by atoms with Gasteiger partial charge in [-0.1, -0.05) is 18.2 Å². The molecule has 0 unspecified atom stereocenters. The monoisotopic (exact) mass is 440 g/mol. The van der Waals surface area contributed by atoms with Crippen molar-refractivity contribution in [2.24, 2.45) is 12.0 Å². The van der Waals surface area contributed by atoms with Crippen molar-refractivity contribution in [2.75, 3.05) is 70.5 Å². The third-order valence-electron chi connectivity index (χ3n) is 6.29. The summed E-state index contributed by atoms with van der Waals surface area (Å²) in [5, 5.41) is 12.1. The van der Waals surface area contributed by atoms with E-state index in [1.165, 1.54) is 5.69 Å². The number of aromatic nitrogens is 3. The highest BCUT2D eigenvalue weighted by molar-refractivity contribution is 5.80. The van der Waals surface area contributed by atoms with Gasteiger partial charge in [-0.05, 0) is 32.0 Å². The topological polar surface area (TPSA) is 74.0 Å². The summed E-state index contributed by atoms with van der Waals surface area (Å²) < 4.78 is 7.46. The standard InChI is InChI=1S/C23H36N8O/c1-20-26-27-22(28(20)2)19-25-23(24-9-6-10-29-15-17-32-18-16-29)31-13-11-30(12-14-31)21-7-4-3-5-8-21/h3-5,7-8H,6,9-19H2,1-2H3,(H,24,25). The van der Waals surface area contributed by atoms with Gasteiger partial charge < -0.3 is 24.4 Å². The van der Waals surface area contributed by atoms with Gasteiger partial charge in [-0.2, -0.15) is 0 Å². The second kappa shape index (κ2) is 11.3. The molecule has 32 heavy (non-hydrogen) atoms. The number of aliphatic imine (C=N–C) groups is 1. The zero-order valence-electron chi connectivity index (χ0n) is 19.4. The summed E-state index contributed by atoms with van der Waals surface area (Å²) in [6, 6.07) is 10.6. The van der Waals surface area contributed by atoms with Gasteiger partial charge in [0.25, 0.3) is 0 Å². The maximum absolute atomic E-state index is 5.45. The Morgan fingerprint density at radius 3 is 2.47 bits per heavy atom. The van der Waals surface area contributed by atoms with Crippen molar-refractivity contribution in [3.8, 4) is 0 Å². The number of rotatable bonds is 7. The first-order valence-corrected chi connectivity index (χ1v) is 11.7. The van der Waals surface area contributed by atoms with Crippen LogP contribution >= 0.6 is 0 Å². The molecular weight excluding hydrogens is 404 g/mol. The zero-order chi connectivity index (χ0) is 22.2. The van der Waals surface area contributed by atoms with Crippen molar-refractivity contribution >= 4 is 11.6 Å². The molecule has 0 bridgehead atoms. The smallest absolute Gasteiger partial charge is 0.194 e. The minimum atomic E-state index is 0.530. The largest absolute Gasteiger partial charge is 0.379 e. The van der Waals surface area contributed by atoms with E-state index in [-0.39, 0.29) is 0 Å². The molecule has 0 saturated carbocycles. The average Bonchev–Trinajstić information content (AvgIpc) is 3.17. The van der Waals surface area contributed by atoms with Gasteiger partial charge in [0, 0.05) is 58.5 Å². The van der Waals surface area contributed by atoms with E-state index in [1.54, 1.807) is 0 Å². The molecule has 1 N–H and O–H groups in total. The number of hydrogen-bond donors (Lipinski definition) is 1. The van der Waals surface area contributed by atoms with Gasteiger partial charge >= 0.3 is 0 Å². The van der Waals surface area contributed by atoms with Crippen molar-refractivity contribution < 1.29 is 4.74 Å². The Balaban J connectivity index is 1.34. The highest BCUT2D eigenvalue weighted by Crippen LogP contribution is 2.15. The van der Waals surface area contributed by atoms with Crippen LogP contribution in [0.5, 0.6) is 0 Å². The van der Waals surface area contributed by atoms with Crippen LogP contribution < -0.4 is 10.2 Å². The minimum Gasteiger partial charge on any atom is -0.379 e. The van der Waals surface area contributed by atoms with Gasteiger partial charge in [-0.15, -0.1) is 10.2 Å². The van der Waals surface area contributed by atoms with Gasteiger partial charge in [-0.3, -0.25) is 4.90 Å². The number of nitrogens with zero attached hydrogens (tertiary/aromatic N) is 7. The van der Waals surface area contributed by atoms with Crippen molar-refractivity contribution in [1.29, 1.82) is 0 Å². The Labute approximate surface area is 191 Å². The first-order chi connectivity index (χ1) is 15.7. The molecule has 0 spiro atoms. The number of hydrogen-bond acceptors (Lipinski definition) is 6. The van der Waals surface area contributed by atoms with Crippen LogP contribution in [0.25, 0.3) is 0 Å². The van der Waals surface area contributed by atoms with E-state index in [4.69, 9.17) is 9.73 Å². The number of aryl methyl sites for hydroxylation is 1. The Bertz CT molecular complexity index is 854. The fraction of sp³-hybridized carbons (Fsp3) is 0.609. The normalized spacial score (nSPS) is 18.2. The van der Waals surface area contributed by atoms with E-state index in [1.807, 2.05) is 18.5 Å². The molecule has 0 amide bonds. The molecule has 9 nitrogen and oxygen atoms in total. The maximum Gasteiger partial charge on any atom is 0.194 e. The molecule has 2 fully saturated rings. The van der Waals surface area contributed by atoms with E-state index in [9.17, 15) is 0 Å². The Hall–Kier alpha value is -2.65. The quantitative estimate of drug-likeness (QED) is 0.393. The predicted octanol–water partition coefficient (Wildman–Crippen LogP) is 1.11. The van der Waals surface area contributed by atoms with E-state index in [2.05, 4.69) is 60.5 Å². The second-order valence-electron chi connectivity index (χ2n) is 8.41. The summed E-state index contributed by atoms with van der Waals surface area (Å²) in [6.45, 7) is 12.1. The van der Waals surface area contributed by atoms with Crippen LogP contribution in [0, 0.1) is 6.92 Å². The second-order valence-corrected chi connectivity index (χ2v) is 8.41. The third-order valence-corrected chi connectivity index (χ3v) is 6.29. The molecule has 2 saturated heterocycles. The van der Waals surface area contributed by atoms with Crippen LogP contribution in [0.15, 0.2) is 35.3 Å². The molecule has 2 aliphatic rings. The molecule has 0 radical (unpaired) electrons. The number of anilines is 1. The number of ether oxygens (including phenoxy) is 1. The zero-order valence-corrected chi connectivity index (χ0v) is 19.4. The van der Waals surface area contributed by atoms with Crippen LogP contribution in [0.1, 0.15) is 18.1 Å². The molecule has 3 heterocycles. The number of para-hydroxylation sites is 1. The summed E-state index contributed by atoms with van der Waals surface area (Å²) in [5.74, 6) is 2.77. The van der Waals surface area contributed by atoms with Crippen molar-refractivity contribution in [1.82, 2.24) is 29.9 Å². The number of benzene rings is 1. The van der Waals surface area contributed by atoms with E-state index in [0.29, 0.717) is 6.54 Å². The lowest BCUT2D eigenvalue weighted by Gasteiger charge is -2.38. The Morgan fingerprint density at radius 2 is 1.78 bits per heavy atom. The number of guanidine groups is 1. The molecular formula is C23H36N8O. The van der Waals surface area contributed by atoms with Crippen molar-refractivity contribution in [3.63, 3.8) is 0 Å². The molecule has 4 rings (SSSR count). The van der Waals surface area contributed by atoms with Crippen molar-refractivity contribution in [2.45, 2.75) is 19.9 Å². The van der Waals surface area contributed by atoms with Crippen LogP contribution in [-0.2, 0) is 18.3 Å². The van der Waals surface area contributed by atoms with Crippen LogP contribution in [0.4, 0.5) is 5.69 Å². The average molecular weight is 441 g/mol. The van der Waals surface area contributed by atoms with E-state index >= 15 is 0 Å². The maximum atomic E-state index is 5.45. The summed E-state index contributed by atoms with van der Waals surface area (Å²) in [6.07, 6.45) is 1.09. The molecule has 174 valence electrons. The highest BCUT2D eigenvalue weighted by Gasteiger charge is 2.20. The third kappa shape index (κ3) is 5.98. The van der Waals surface area contributed by atoms with E-state index in [0.717, 1.165) is 89.6 Å². The van der Waals surface area contributed by atoms with Gasteiger partial charge in [-0.25, -0.2) is 4.99 Å². The molecule has 2 aromatic rings. The van der Waals surface area contributed by atoms with Crippen molar-refractivity contribution in [3.05, 3.63) is 42.0 Å². The lowest BCUT2D eigenvalue weighted by Crippen LogP contribution is -2.53. The highest BCUT2D eigenvalue weighted by atomic mass is 16.5. The summed E-state index contributed by atoms with van der Waals surface area (Å²) in [7, 11) is 1.99. The minimum absolute atomic E-state index is 0.530. The van der Waals surface area contributed by atoms with Crippen LogP contribution in [0.2, 0.25) is 0 Å². The van der Waals surface area contributed by atoms with E-state index < -0.39 is 0 Å². The van der Waals surface area contributed by atoms with Gasteiger partial charge in [0.15, 0.2) is 11.8 Å². The molecule has 0 atom stereocenters. The summed E-state index contributed by atoms with van der Waals surface area (Å²) in [5.41, 5.74) is 1.29. The molecule has 1 aromatic heterocycles. The fourth-order valence-corrected chi connectivity index (χ4v) is 4.14.